The fourth-order valence-corrected chi connectivity index (χ4v) is 2.05. The van der Waals surface area contributed by atoms with E-state index in [4.69, 9.17) is 4.74 Å². The molecule has 0 atom stereocenters. The van der Waals surface area contributed by atoms with Crippen LogP contribution in [0.15, 0.2) is 0 Å². The van der Waals surface area contributed by atoms with E-state index in [0.29, 0.717) is 13.0 Å². The summed E-state index contributed by atoms with van der Waals surface area (Å²) in [5.41, 5.74) is -0.403. The third kappa shape index (κ3) is 2.54. The molecule has 92 valence electrons. The Balaban J connectivity index is 2.64. The molecule has 1 rings (SSSR count). The summed E-state index contributed by atoms with van der Waals surface area (Å²) in [6.45, 7) is 6.52. The van der Waals surface area contributed by atoms with Gasteiger partial charge in [-0.3, -0.25) is 4.79 Å². The first-order valence-corrected chi connectivity index (χ1v) is 6.12. The van der Waals surface area contributed by atoms with E-state index in [1.165, 1.54) is 4.90 Å². The van der Waals surface area contributed by atoms with Crippen molar-refractivity contribution in [1.29, 1.82) is 0 Å². The van der Waals surface area contributed by atoms with Gasteiger partial charge in [0.1, 0.15) is 5.60 Å². The number of carbonyl (C=O) groups excluding carboxylic acids is 2. The van der Waals surface area contributed by atoms with Crippen molar-refractivity contribution < 1.29 is 14.3 Å². The van der Waals surface area contributed by atoms with Gasteiger partial charge in [-0.15, -0.1) is 0 Å². The van der Waals surface area contributed by atoms with Crippen molar-refractivity contribution in [3.05, 3.63) is 0 Å². The van der Waals surface area contributed by atoms with Crippen molar-refractivity contribution in [2.45, 2.75) is 58.5 Å². The molecular formula is C12H21NO3. The molecule has 4 nitrogen and oxygen atoms in total. The number of likely N-dealkylation sites (tertiary alicyclic amines) is 1. The molecule has 0 unspecified atom stereocenters. The molecule has 16 heavy (non-hydrogen) atoms. The fraction of sp³-hybridized carbons (Fsp3) is 0.833. The Labute approximate surface area is 96.9 Å². The molecular weight excluding hydrogens is 206 g/mol. The molecule has 0 radical (unpaired) electrons. The van der Waals surface area contributed by atoms with Crippen LogP contribution in [0.2, 0.25) is 0 Å². The van der Waals surface area contributed by atoms with Gasteiger partial charge in [-0.05, 0) is 25.7 Å². The van der Waals surface area contributed by atoms with Crippen LogP contribution in [0.25, 0.3) is 0 Å². The number of hydrogen-bond donors (Lipinski definition) is 0. The molecule has 0 aliphatic carbocycles. The number of rotatable bonds is 4. The van der Waals surface area contributed by atoms with Gasteiger partial charge < -0.3 is 4.74 Å². The van der Waals surface area contributed by atoms with E-state index >= 15 is 0 Å². The van der Waals surface area contributed by atoms with E-state index in [1.54, 1.807) is 0 Å². The summed E-state index contributed by atoms with van der Waals surface area (Å²) in [7, 11) is 0. The molecule has 4 heteroatoms. The van der Waals surface area contributed by atoms with Crippen LogP contribution in [-0.4, -0.2) is 29.0 Å². The lowest BCUT2D eigenvalue weighted by atomic mass is 9.94. The average molecular weight is 227 g/mol. The Morgan fingerprint density at radius 1 is 1.31 bits per heavy atom. The van der Waals surface area contributed by atoms with Gasteiger partial charge in [-0.2, -0.15) is 0 Å². The van der Waals surface area contributed by atoms with Crippen molar-refractivity contribution >= 4 is 12.0 Å². The van der Waals surface area contributed by atoms with Crippen LogP contribution in [0, 0.1) is 0 Å². The van der Waals surface area contributed by atoms with Crippen LogP contribution in [0.4, 0.5) is 4.79 Å². The number of hydrogen-bond acceptors (Lipinski definition) is 3. The zero-order chi connectivity index (χ0) is 12.2. The fourth-order valence-electron chi connectivity index (χ4n) is 2.05. The second kappa shape index (κ2) is 5.32. The zero-order valence-corrected chi connectivity index (χ0v) is 10.4. The van der Waals surface area contributed by atoms with E-state index in [9.17, 15) is 9.59 Å². The van der Waals surface area contributed by atoms with Gasteiger partial charge in [0.25, 0.3) is 0 Å². The summed E-state index contributed by atoms with van der Waals surface area (Å²) >= 11 is 0. The topological polar surface area (TPSA) is 46.6 Å². The highest BCUT2D eigenvalue weighted by molar-refractivity contribution is 5.93. The van der Waals surface area contributed by atoms with Crippen molar-refractivity contribution in [2.24, 2.45) is 0 Å². The summed E-state index contributed by atoms with van der Waals surface area (Å²) in [6.07, 6.45) is 3.11. The van der Waals surface area contributed by atoms with E-state index in [1.807, 2.05) is 20.8 Å². The minimum absolute atomic E-state index is 0.109. The average Bonchev–Trinajstić information content (AvgIpc) is 2.72. The molecule has 1 heterocycles. The first-order valence-electron chi connectivity index (χ1n) is 6.12. The summed E-state index contributed by atoms with van der Waals surface area (Å²) in [6, 6.07) is 0. The molecule has 0 N–H and O–H groups in total. The number of ether oxygens (including phenoxy) is 1. The summed E-state index contributed by atoms with van der Waals surface area (Å²) in [5.74, 6) is -0.109. The molecule has 1 aliphatic rings. The number of carbonyl (C=O) groups is 2. The zero-order valence-electron chi connectivity index (χ0n) is 10.4. The highest BCUT2D eigenvalue weighted by Gasteiger charge is 2.34. The smallest absolute Gasteiger partial charge is 0.417 e. The lowest BCUT2D eigenvalue weighted by Gasteiger charge is -2.31. The summed E-state index contributed by atoms with van der Waals surface area (Å²) < 4.78 is 5.51. The maximum atomic E-state index is 11.8. The van der Waals surface area contributed by atoms with Gasteiger partial charge in [0.05, 0.1) is 0 Å². The third-order valence-electron chi connectivity index (χ3n) is 3.53. The first kappa shape index (κ1) is 13.0. The second-order valence-electron chi connectivity index (χ2n) is 4.26. The summed E-state index contributed by atoms with van der Waals surface area (Å²) in [4.78, 5) is 24.5. The standard InChI is InChI=1S/C12H21NO3/c1-4-12(5-2,6-3)16-11(15)13-9-7-8-10(13)14/h4-9H2,1-3H3. The molecule has 0 aromatic rings. The van der Waals surface area contributed by atoms with Crippen LogP contribution >= 0.6 is 0 Å². The minimum atomic E-state index is -0.465. The Bertz CT molecular complexity index is 263. The predicted octanol–water partition coefficient (Wildman–Crippen LogP) is 2.71. The van der Waals surface area contributed by atoms with Crippen molar-refractivity contribution in [2.75, 3.05) is 6.54 Å². The summed E-state index contributed by atoms with van der Waals surface area (Å²) in [5, 5.41) is 0. The number of nitrogens with zero attached hydrogens (tertiary/aromatic N) is 1. The lowest BCUT2D eigenvalue weighted by Crippen LogP contribution is -2.41. The van der Waals surface area contributed by atoms with E-state index in [2.05, 4.69) is 0 Å². The van der Waals surface area contributed by atoms with Crippen LogP contribution in [0.3, 0.4) is 0 Å². The molecule has 2 amide bonds. The van der Waals surface area contributed by atoms with Crippen LogP contribution in [-0.2, 0) is 9.53 Å². The van der Waals surface area contributed by atoms with Gasteiger partial charge >= 0.3 is 6.09 Å². The number of imide groups is 1. The largest absolute Gasteiger partial charge is 0.443 e. The van der Waals surface area contributed by atoms with Crippen molar-refractivity contribution in [3.63, 3.8) is 0 Å². The maximum Gasteiger partial charge on any atom is 0.417 e. The van der Waals surface area contributed by atoms with Gasteiger partial charge in [-0.1, -0.05) is 20.8 Å². The van der Waals surface area contributed by atoms with E-state index in [0.717, 1.165) is 25.7 Å². The molecule has 1 fully saturated rings. The third-order valence-corrected chi connectivity index (χ3v) is 3.53. The predicted molar refractivity (Wildman–Crippen MR) is 61.0 cm³/mol. The Kier molecular flexibility index (Phi) is 4.33. The molecule has 0 saturated carbocycles. The van der Waals surface area contributed by atoms with E-state index < -0.39 is 11.7 Å². The quantitative estimate of drug-likeness (QED) is 0.741. The molecule has 0 aromatic carbocycles. The highest BCUT2D eigenvalue weighted by atomic mass is 16.6. The van der Waals surface area contributed by atoms with E-state index in [-0.39, 0.29) is 5.91 Å². The monoisotopic (exact) mass is 227 g/mol. The van der Waals surface area contributed by atoms with Crippen LogP contribution in [0.5, 0.6) is 0 Å². The Morgan fingerprint density at radius 2 is 1.88 bits per heavy atom. The lowest BCUT2D eigenvalue weighted by molar-refractivity contribution is -0.127. The van der Waals surface area contributed by atoms with Crippen LogP contribution < -0.4 is 0 Å². The van der Waals surface area contributed by atoms with Gasteiger partial charge in [0.2, 0.25) is 5.91 Å². The van der Waals surface area contributed by atoms with Crippen LogP contribution in [0.1, 0.15) is 52.9 Å². The first-order chi connectivity index (χ1) is 7.58. The number of amides is 2. The normalized spacial score (nSPS) is 16.7. The SMILES string of the molecule is CCC(CC)(CC)OC(=O)N1CCCC1=O. The van der Waals surface area contributed by atoms with Crippen molar-refractivity contribution in [3.8, 4) is 0 Å². The van der Waals surface area contributed by atoms with Gasteiger partial charge in [0, 0.05) is 13.0 Å². The Morgan fingerprint density at radius 3 is 2.25 bits per heavy atom. The molecule has 1 aliphatic heterocycles. The Hall–Kier alpha value is -1.06. The second-order valence-corrected chi connectivity index (χ2v) is 4.26. The maximum absolute atomic E-state index is 11.8. The molecule has 1 saturated heterocycles. The molecule has 0 bridgehead atoms. The minimum Gasteiger partial charge on any atom is -0.443 e. The van der Waals surface area contributed by atoms with Crippen molar-refractivity contribution in [1.82, 2.24) is 4.90 Å². The van der Waals surface area contributed by atoms with Gasteiger partial charge in [0.15, 0.2) is 0 Å². The molecule has 0 spiro atoms. The molecule has 0 aromatic heterocycles. The van der Waals surface area contributed by atoms with Gasteiger partial charge in [-0.25, -0.2) is 9.69 Å². The highest BCUT2D eigenvalue weighted by Crippen LogP contribution is 2.26.